The van der Waals surface area contributed by atoms with Crippen LogP contribution < -0.4 is 10.1 Å². The number of hydrogen-bond donors (Lipinski definition) is 2. The number of carbonyl (C=O) groups excluding carboxylic acids is 1. The number of fused-ring (bicyclic) bond motifs is 3. The monoisotopic (exact) mass is 455 g/mol. The number of aromatic amines is 1. The molecule has 4 aromatic rings. The van der Waals surface area contributed by atoms with Crippen LogP contribution in [0.15, 0.2) is 48.7 Å². The quantitative estimate of drug-likeness (QED) is 0.450. The molecule has 2 N–H and O–H groups in total. The molecule has 8 heteroatoms. The van der Waals surface area contributed by atoms with Gasteiger partial charge in [0.1, 0.15) is 11.6 Å². The molecule has 2 aromatic heterocycles. The van der Waals surface area contributed by atoms with E-state index in [4.69, 9.17) is 10.00 Å². The van der Waals surface area contributed by atoms with Crippen LogP contribution in [-0.4, -0.2) is 27.0 Å². The number of nitriles is 1. The third-order valence-corrected chi connectivity index (χ3v) is 7.27. The Hall–Kier alpha value is -3.99. The van der Waals surface area contributed by atoms with Gasteiger partial charge in [0, 0.05) is 17.5 Å². The summed E-state index contributed by atoms with van der Waals surface area (Å²) in [6.45, 7) is 1.96. The Morgan fingerprint density at radius 3 is 2.79 bits per heavy atom. The summed E-state index contributed by atoms with van der Waals surface area (Å²) in [5.41, 5.74) is 2.66. The Morgan fingerprint density at radius 1 is 1.21 bits per heavy atom. The SMILES string of the molecule is CC(C(=O)Nc1nc2ccc(C#N)cc2[nH]1)C1[C@H]2CC(Oc3ccnc4ccc(F)cc34)C[C@@H]12. The lowest BCUT2D eigenvalue weighted by Gasteiger charge is -2.20. The Kier molecular flexibility index (Phi) is 4.73. The van der Waals surface area contributed by atoms with Gasteiger partial charge in [-0.15, -0.1) is 0 Å². The van der Waals surface area contributed by atoms with Crippen LogP contribution in [0, 0.1) is 40.8 Å². The Balaban J connectivity index is 1.08. The zero-order valence-corrected chi connectivity index (χ0v) is 18.5. The minimum Gasteiger partial charge on any atom is -0.490 e. The molecule has 170 valence electrons. The van der Waals surface area contributed by atoms with Crippen LogP contribution in [0.4, 0.5) is 10.3 Å². The lowest BCUT2D eigenvalue weighted by atomic mass is 9.97. The number of rotatable bonds is 5. The van der Waals surface area contributed by atoms with Gasteiger partial charge in [0.2, 0.25) is 11.9 Å². The van der Waals surface area contributed by atoms with Crippen molar-refractivity contribution in [2.75, 3.05) is 5.32 Å². The van der Waals surface area contributed by atoms with Crippen LogP contribution in [0.3, 0.4) is 0 Å². The minimum atomic E-state index is -0.311. The molecule has 1 amide bonds. The number of H-pyrrole nitrogens is 1. The van der Waals surface area contributed by atoms with Crippen molar-refractivity contribution in [1.29, 1.82) is 5.26 Å². The van der Waals surface area contributed by atoms with Gasteiger partial charge in [-0.25, -0.2) is 9.37 Å². The second-order valence-corrected chi connectivity index (χ2v) is 9.29. The van der Waals surface area contributed by atoms with Gasteiger partial charge in [0.05, 0.1) is 34.3 Å². The fourth-order valence-corrected chi connectivity index (χ4v) is 5.60. The van der Waals surface area contributed by atoms with E-state index < -0.39 is 0 Å². The average molecular weight is 455 g/mol. The van der Waals surface area contributed by atoms with Crippen molar-refractivity contribution in [2.24, 2.45) is 23.7 Å². The average Bonchev–Trinajstić information content (AvgIpc) is 3.15. The molecule has 2 saturated carbocycles. The minimum absolute atomic E-state index is 0.0556. The van der Waals surface area contributed by atoms with E-state index in [9.17, 15) is 9.18 Å². The molecule has 2 heterocycles. The third-order valence-electron chi connectivity index (χ3n) is 7.27. The van der Waals surface area contributed by atoms with Crippen LogP contribution in [0.2, 0.25) is 0 Å². The summed E-state index contributed by atoms with van der Waals surface area (Å²) in [5, 5.41) is 12.6. The first kappa shape index (κ1) is 20.6. The molecule has 0 bridgehead atoms. The number of amides is 1. The molecule has 0 spiro atoms. The number of ether oxygens (including phenoxy) is 1. The molecule has 3 unspecified atom stereocenters. The second-order valence-electron chi connectivity index (χ2n) is 9.29. The molecular formula is C26H22FN5O2. The van der Waals surface area contributed by atoms with Gasteiger partial charge < -0.3 is 9.72 Å². The smallest absolute Gasteiger partial charge is 0.229 e. The summed E-state index contributed by atoms with van der Waals surface area (Å²) < 4.78 is 20.0. The number of aromatic nitrogens is 3. The van der Waals surface area contributed by atoms with E-state index in [1.54, 1.807) is 36.5 Å². The fraction of sp³-hybridized carbons (Fsp3) is 0.308. The predicted octanol–water partition coefficient (Wildman–Crippen LogP) is 4.80. The van der Waals surface area contributed by atoms with Crippen molar-refractivity contribution in [3.05, 3.63) is 60.0 Å². The first-order chi connectivity index (χ1) is 16.5. The molecule has 2 fully saturated rings. The van der Waals surface area contributed by atoms with Crippen molar-refractivity contribution in [3.8, 4) is 11.8 Å². The highest BCUT2D eigenvalue weighted by atomic mass is 19.1. The number of carbonyl (C=O) groups is 1. The van der Waals surface area contributed by atoms with Crippen LogP contribution in [0.1, 0.15) is 25.3 Å². The van der Waals surface area contributed by atoms with E-state index in [2.05, 4.69) is 26.3 Å². The van der Waals surface area contributed by atoms with Crippen LogP contribution in [-0.2, 0) is 4.79 Å². The molecule has 2 aliphatic rings. The van der Waals surface area contributed by atoms with Crippen LogP contribution in [0.5, 0.6) is 5.75 Å². The van der Waals surface area contributed by atoms with Crippen LogP contribution in [0.25, 0.3) is 21.9 Å². The number of imidazole rings is 1. The van der Waals surface area contributed by atoms with Crippen molar-refractivity contribution in [1.82, 2.24) is 15.0 Å². The summed E-state index contributed by atoms with van der Waals surface area (Å²) in [6.07, 6.45) is 3.50. The third kappa shape index (κ3) is 3.54. The van der Waals surface area contributed by atoms with Crippen molar-refractivity contribution in [3.63, 3.8) is 0 Å². The van der Waals surface area contributed by atoms with Gasteiger partial charge >= 0.3 is 0 Å². The van der Waals surface area contributed by atoms with E-state index >= 15 is 0 Å². The molecule has 0 saturated heterocycles. The van der Waals surface area contributed by atoms with Gasteiger partial charge in [-0.2, -0.15) is 5.26 Å². The van der Waals surface area contributed by atoms with E-state index in [0.29, 0.717) is 57.0 Å². The zero-order chi connectivity index (χ0) is 23.4. The molecule has 6 rings (SSSR count). The molecule has 0 radical (unpaired) electrons. The van der Waals surface area contributed by atoms with E-state index in [1.807, 2.05) is 6.92 Å². The van der Waals surface area contributed by atoms with Gasteiger partial charge in [0.15, 0.2) is 0 Å². The van der Waals surface area contributed by atoms with Gasteiger partial charge in [-0.1, -0.05) is 6.92 Å². The molecule has 2 aromatic carbocycles. The van der Waals surface area contributed by atoms with Gasteiger partial charge in [0.25, 0.3) is 0 Å². The largest absolute Gasteiger partial charge is 0.490 e. The molecule has 34 heavy (non-hydrogen) atoms. The van der Waals surface area contributed by atoms with E-state index in [1.165, 1.54) is 12.1 Å². The summed E-state index contributed by atoms with van der Waals surface area (Å²) in [7, 11) is 0. The zero-order valence-electron chi connectivity index (χ0n) is 18.5. The predicted molar refractivity (Wildman–Crippen MR) is 124 cm³/mol. The highest BCUT2D eigenvalue weighted by Gasteiger charge is 2.59. The number of hydrogen-bond acceptors (Lipinski definition) is 5. The lowest BCUT2D eigenvalue weighted by Crippen LogP contribution is -2.26. The van der Waals surface area contributed by atoms with Crippen molar-refractivity contribution in [2.45, 2.75) is 25.9 Å². The molecular weight excluding hydrogens is 433 g/mol. The maximum absolute atomic E-state index is 13.7. The summed E-state index contributed by atoms with van der Waals surface area (Å²) in [5.74, 6) is 1.75. The summed E-state index contributed by atoms with van der Waals surface area (Å²) in [6, 6.07) is 13.6. The lowest BCUT2D eigenvalue weighted by molar-refractivity contribution is -0.120. The molecule has 2 aliphatic carbocycles. The number of anilines is 1. The maximum atomic E-state index is 13.7. The Morgan fingerprint density at radius 2 is 2.00 bits per heavy atom. The van der Waals surface area contributed by atoms with Gasteiger partial charge in [-0.3, -0.25) is 15.1 Å². The highest BCUT2D eigenvalue weighted by Crippen LogP contribution is 2.61. The Labute approximate surface area is 195 Å². The van der Waals surface area contributed by atoms with Crippen LogP contribution >= 0.6 is 0 Å². The first-order valence-corrected chi connectivity index (χ1v) is 11.4. The second kappa shape index (κ2) is 7.80. The molecule has 5 atom stereocenters. The number of nitrogens with zero attached hydrogens (tertiary/aromatic N) is 3. The van der Waals surface area contributed by atoms with Crippen molar-refractivity contribution < 1.29 is 13.9 Å². The fourth-order valence-electron chi connectivity index (χ4n) is 5.60. The summed E-state index contributed by atoms with van der Waals surface area (Å²) >= 11 is 0. The molecule has 7 nitrogen and oxygen atoms in total. The Bertz CT molecular complexity index is 1460. The number of halogens is 1. The van der Waals surface area contributed by atoms with Crippen molar-refractivity contribution >= 4 is 33.8 Å². The standard InChI is InChI=1S/C26H22FN5O2/c1-13(25(33)32-26-30-21-4-2-14(12-28)8-22(21)31-26)24-17-10-16(11-18(17)24)34-23-6-7-29-20-5-3-15(27)9-19(20)23/h2-9,13,16-18,24H,10-11H2,1H3,(H2,30,31,32,33)/t13?,16?,17-,18+,24?. The number of nitrogens with one attached hydrogen (secondary N) is 2. The number of pyridine rings is 1. The number of benzene rings is 2. The summed E-state index contributed by atoms with van der Waals surface area (Å²) in [4.78, 5) is 24.6. The van der Waals surface area contributed by atoms with E-state index in [-0.39, 0.29) is 23.7 Å². The normalized spacial score (nSPS) is 23.9. The maximum Gasteiger partial charge on any atom is 0.229 e. The first-order valence-electron chi connectivity index (χ1n) is 11.4. The van der Waals surface area contributed by atoms with E-state index in [0.717, 1.165) is 12.8 Å². The topological polar surface area (TPSA) is 104 Å². The van der Waals surface area contributed by atoms with Gasteiger partial charge in [-0.05, 0) is 73.1 Å². The highest BCUT2D eigenvalue weighted by molar-refractivity contribution is 5.93. The molecule has 0 aliphatic heterocycles.